The highest BCUT2D eigenvalue weighted by Gasteiger charge is 2.28. The highest BCUT2D eigenvalue weighted by molar-refractivity contribution is 5.93. The van der Waals surface area contributed by atoms with Crippen molar-refractivity contribution in [3.8, 4) is 0 Å². The molecule has 0 unspecified atom stereocenters. The average molecular weight is 276 g/mol. The van der Waals surface area contributed by atoms with E-state index in [0.29, 0.717) is 18.7 Å². The Labute approximate surface area is 120 Å². The van der Waals surface area contributed by atoms with Gasteiger partial charge in [-0.15, -0.1) is 0 Å². The van der Waals surface area contributed by atoms with E-state index in [-0.39, 0.29) is 0 Å². The lowest BCUT2D eigenvalue weighted by Crippen LogP contribution is -2.41. The van der Waals surface area contributed by atoms with Crippen molar-refractivity contribution in [3.63, 3.8) is 0 Å². The molecule has 0 heterocycles. The zero-order valence-electron chi connectivity index (χ0n) is 12.1. The van der Waals surface area contributed by atoms with Gasteiger partial charge in [0.25, 0.3) is 0 Å². The number of amides is 1. The number of aryl methyl sites for hydroxylation is 1. The lowest BCUT2D eigenvalue weighted by molar-refractivity contribution is 0.00466. The van der Waals surface area contributed by atoms with Gasteiger partial charge in [0.05, 0.1) is 5.60 Å². The predicted molar refractivity (Wildman–Crippen MR) is 79.4 cm³/mol. The maximum absolute atomic E-state index is 11.1. The molecule has 0 saturated heterocycles. The van der Waals surface area contributed by atoms with Crippen LogP contribution in [0.3, 0.4) is 0 Å². The second-order valence-electron chi connectivity index (χ2n) is 5.89. The number of carbonyl (C=O) groups excluding carboxylic acids is 1. The first-order valence-corrected chi connectivity index (χ1v) is 7.33. The summed E-state index contributed by atoms with van der Waals surface area (Å²) in [5.41, 5.74) is 7.44. The topological polar surface area (TPSA) is 75.4 Å². The lowest BCUT2D eigenvalue weighted by Gasteiger charge is -2.32. The Balaban J connectivity index is 1.89. The molecule has 110 valence electrons. The van der Waals surface area contributed by atoms with Gasteiger partial charge in [0.1, 0.15) is 0 Å². The molecule has 4 N–H and O–H groups in total. The van der Waals surface area contributed by atoms with Crippen molar-refractivity contribution in [2.45, 2.75) is 51.2 Å². The Hall–Kier alpha value is -1.39. The van der Waals surface area contributed by atoms with Gasteiger partial charge in [-0.2, -0.15) is 0 Å². The van der Waals surface area contributed by atoms with Crippen LogP contribution >= 0.6 is 0 Å². The first kappa shape index (κ1) is 15.0. The van der Waals surface area contributed by atoms with E-state index in [1.165, 1.54) is 6.42 Å². The van der Waals surface area contributed by atoms with E-state index < -0.39 is 11.5 Å². The summed E-state index contributed by atoms with van der Waals surface area (Å²) in [6, 6.07) is 5.49. The summed E-state index contributed by atoms with van der Waals surface area (Å²) >= 11 is 0. The monoisotopic (exact) mass is 276 g/mol. The number of benzene rings is 1. The van der Waals surface area contributed by atoms with E-state index in [9.17, 15) is 9.90 Å². The van der Waals surface area contributed by atoms with Gasteiger partial charge in [-0.3, -0.25) is 4.79 Å². The molecule has 1 aliphatic carbocycles. The van der Waals surface area contributed by atoms with Gasteiger partial charge in [-0.05, 0) is 43.0 Å². The van der Waals surface area contributed by atoms with Gasteiger partial charge in [0.2, 0.25) is 5.91 Å². The third-order valence-electron chi connectivity index (χ3n) is 4.18. The van der Waals surface area contributed by atoms with Crippen LogP contribution in [0.25, 0.3) is 0 Å². The van der Waals surface area contributed by atoms with E-state index in [1.54, 1.807) is 6.07 Å². The van der Waals surface area contributed by atoms with Crippen LogP contribution in [0.1, 0.15) is 53.6 Å². The molecule has 4 nitrogen and oxygen atoms in total. The van der Waals surface area contributed by atoms with Crippen molar-refractivity contribution in [3.05, 3.63) is 34.9 Å². The lowest BCUT2D eigenvalue weighted by atomic mass is 9.85. The Morgan fingerprint density at radius 2 is 2.05 bits per heavy atom. The quantitative estimate of drug-likeness (QED) is 0.768. The van der Waals surface area contributed by atoms with Crippen LogP contribution in [0, 0.1) is 6.92 Å². The third kappa shape index (κ3) is 3.81. The van der Waals surface area contributed by atoms with Gasteiger partial charge >= 0.3 is 0 Å². The molecule has 0 spiro atoms. The van der Waals surface area contributed by atoms with Crippen molar-refractivity contribution < 1.29 is 9.90 Å². The van der Waals surface area contributed by atoms with Crippen LogP contribution < -0.4 is 11.1 Å². The van der Waals surface area contributed by atoms with Crippen molar-refractivity contribution in [1.82, 2.24) is 5.32 Å². The maximum Gasteiger partial charge on any atom is 0.248 e. The van der Waals surface area contributed by atoms with E-state index >= 15 is 0 Å². The molecule has 1 fully saturated rings. The maximum atomic E-state index is 11.1. The Morgan fingerprint density at radius 3 is 2.65 bits per heavy atom. The number of hydrogen-bond acceptors (Lipinski definition) is 3. The van der Waals surface area contributed by atoms with Crippen molar-refractivity contribution >= 4 is 5.91 Å². The molecule has 1 aromatic carbocycles. The second kappa shape index (κ2) is 6.37. The van der Waals surface area contributed by atoms with Crippen LogP contribution in [0.5, 0.6) is 0 Å². The van der Waals surface area contributed by atoms with E-state index in [1.807, 2.05) is 19.1 Å². The summed E-state index contributed by atoms with van der Waals surface area (Å²) < 4.78 is 0. The fourth-order valence-corrected chi connectivity index (χ4v) is 2.86. The first-order valence-electron chi connectivity index (χ1n) is 7.33. The average Bonchev–Trinajstić information content (AvgIpc) is 2.41. The molecule has 1 aromatic rings. The standard InChI is InChI=1S/C16H24N2O2/c1-12-9-13(15(17)19)5-6-14(12)10-18-11-16(20)7-3-2-4-8-16/h5-6,9,18,20H,2-4,7-8,10-11H2,1H3,(H2,17,19). The predicted octanol–water partition coefficient (Wildman–Crippen LogP) is 1.88. The summed E-state index contributed by atoms with van der Waals surface area (Å²) in [4.78, 5) is 11.1. The van der Waals surface area contributed by atoms with Crippen LogP contribution in [-0.2, 0) is 6.54 Å². The summed E-state index contributed by atoms with van der Waals surface area (Å²) in [6.07, 6.45) is 5.24. The largest absolute Gasteiger partial charge is 0.389 e. The molecule has 4 heteroatoms. The molecule has 0 atom stereocenters. The molecular formula is C16H24N2O2. The van der Waals surface area contributed by atoms with Crippen molar-refractivity contribution in [2.75, 3.05) is 6.54 Å². The molecule has 1 aliphatic rings. The van der Waals surface area contributed by atoms with Crippen LogP contribution in [-0.4, -0.2) is 23.2 Å². The van der Waals surface area contributed by atoms with Crippen LogP contribution in [0.4, 0.5) is 0 Å². The number of rotatable bonds is 5. The molecule has 0 aromatic heterocycles. The van der Waals surface area contributed by atoms with Crippen molar-refractivity contribution in [2.24, 2.45) is 5.73 Å². The van der Waals surface area contributed by atoms with E-state index in [0.717, 1.165) is 36.8 Å². The highest BCUT2D eigenvalue weighted by Crippen LogP contribution is 2.27. The van der Waals surface area contributed by atoms with Crippen molar-refractivity contribution in [1.29, 1.82) is 0 Å². The summed E-state index contributed by atoms with van der Waals surface area (Å²) in [6.45, 7) is 3.30. The van der Waals surface area contributed by atoms with Gasteiger partial charge in [0.15, 0.2) is 0 Å². The Kier molecular flexibility index (Phi) is 4.78. The zero-order chi connectivity index (χ0) is 14.6. The molecule has 0 aliphatic heterocycles. The van der Waals surface area contributed by atoms with Gasteiger partial charge in [0, 0.05) is 18.7 Å². The summed E-state index contributed by atoms with van der Waals surface area (Å²) in [5.74, 6) is -0.399. The molecule has 1 saturated carbocycles. The van der Waals surface area contributed by atoms with Gasteiger partial charge in [-0.25, -0.2) is 0 Å². The van der Waals surface area contributed by atoms with E-state index in [4.69, 9.17) is 5.73 Å². The first-order chi connectivity index (χ1) is 9.50. The SMILES string of the molecule is Cc1cc(C(N)=O)ccc1CNCC1(O)CCCCC1. The molecule has 20 heavy (non-hydrogen) atoms. The Morgan fingerprint density at radius 1 is 1.35 bits per heavy atom. The molecule has 0 radical (unpaired) electrons. The summed E-state index contributed by atoms with van der Waals surface area (Å²) in [5, 5.41) is 13.7. The fourth-order valence-electron chi connectivity index (χ4n) is 2.86. The zero-order valence-corrected chi connectivity index (χ0v) is 12.1. The Bertz CT molecular complexity index is 479. The minimum absolute atomic E-state index is 0.399. The number of hydrogen-bond donors (Lipinski definition) is 3. The second-order valence-corrected chi connectivity index (χ2v) is 5.89. The van der Waals surface area contributed by atoms with Gasteiger partial charge in [-0.1, -0.05) is 25.3 Å². The minimum atomic E-state index is -0.542. The van der Waals surface area contributed by atoms with E-state index in [2.05, 4.69) is 5.32 Å². The molecule has 2 rings (SSSR count). The van der Waals surface area contributed by atoms with Crippen LogP contribution in [0.15, 0.2) is 18.2 Å². The fraction of sp³-hybridized carbons (Fsp3) is 0.562. The number of carbonyl (C=O) groups is 1. The number of aliphatic hydroxyl groups is 1. The normalized spacial score (nSPS) is 17.9. The van der Waals surface area contributed by atoms with Crippen LogP contribution in [0.2, 0.25) is 0 Å². The number of nitrogens with two attached hydrogens (primary N) is 1. The third-order valence-corrected chi connectivity index (χ3v) is 4.18. The summed E-state index contributed by atoms with van der Waals surface area (Å²) in [7, 11) is 0. The number of primary amides is 1. The minimum Gasteiger partial charge on any atom is -0.389 e. The molecular weight excluding hydrogens is 252 g/mol. The number of nitrogens with one attached hydrogen (secondary N) is 1. The van der Waals surface area contributed by atoms with Gasteiger partial charge < -0.3 is 16.2 Å². The molecule has 1 amide bonds. The highest BCUT2D eigenvalue weighted by atomic mass is 16.3. The smallest absolute Gasteiger partial charge is 0.248 e. The molecule has 0 bridgehead atoms.